The third kappa shape index (κ3) is 2.97. The van der Waals surface area contributed by atoms with Gasteiger partial charge in [-0.3, -0.25) is 4.79 Å². The van der Waals surface area contributed by atoms with Crippen molar-refractivity contribution in [3.8, 4) is 39.3 Å². The Kier molecular flexibility index (Phi) is 4.41. The summed E-state index contributed by atoms with van der Waals surface area (Å²) < 4.78 is 6.68. The predicted octanol–water partition coefficient (Wildman–Crippen LogP) is 5.03. The van der Waals surface area contributed by atoms with Crippen molar-refractivity contribution in [3.05, 3.63) is 101 Å². The van der Waals surface area contributed by atoms with Gasteiger partial charge in [-0.1, -0.05) is 72.8 Å². The van der Waals surface area contributed by atoms with E-state index in [-0.39, 0.29) is 5.56 Å². The predicted molar refractivity (Wildman–Crippen MR) is 119 cm³/mol. The summed E-state index contributed by atoms with van der Waals surface area (Å²) in [5.41, 5.74) is 5.47. The van der Waals surface area contributed by atoms with Crippen LogP contribution >= 0.6 is 0 Å². The van der Waals surface area contributed by atoms with Crippen molar-refractivity contribution in [2.24, 2.45) is 0 Å². The van der Waals surface area contributed by atoms with Gasteiger partial charge in [-0.05, 0) is 23.3 Å². The molecule has 0 saturated heterocycles. The number of nitrogens with zero attached hydrogens (tertiary/aromatic N) is 2. The van der Waals surface area contributed by atoms with Crippen molar-refractivity contribution in [2.75, 3.05) is 7.11 Å². The summed E-state index contributed by atoms with van der Waals surface area (Å²) in [6.45, 7) is 0. The van der Waals surface area contributed by atoms with E-state index in [4.69, 9.17) is 9.84 Å². The molecule has 0 aliphatic carbocycles. The number of methoxy groups -OCH3 is 1. The molecule has 0 aliphatic heterocycles. The van der Waals surface area contributed by atoms with E-state index in [1.165, 1.54) is 4.52 Å². The summed E-state index contributed by atoms with van der Waals surface area (Å²) in [4.78, 5) is 16.7. The van der Waals surface area contributed by atoms with E-state index in [9.17, 15) is 4.79 Å². The number of H-pyrrole nitrogens is 1. The summed E-state index contributed by atoms with van der Waals surface area (Å²) in [7, 11) is 1.62. The Morgan fingerprint density at radius 2 is 1.43 bits per heavy atom. The van der Waals surface area contributed by atoms with E-state index < -0.39 is 0 Å². The highest BCUT2D eigenvalue weighted by atomic mass is 16.5. The van der Waals surface area contributed by atoms with Crippen molar-refractivity contribution < 1.29 is 4.74 Å². The second-order valence-electron chi connectivity index (χ2n) is 6.95. The Hall–Kier alpha value is -4.12. The number of hydrogen-bond donors (Lipinski definition) is 1. The number of aromatic nitrogens is 3. The zero-order chi connectivity index (χ0) is 20.5. The van der Waals surface area contributed by atoms with Gasteiger partial charge in [0.25, 0.3) is 5.56 Å². The summed E-state index contributed by atoms with van der Waals surface area (Å²) in [5.74, 6) is 0.744. The van der Waals surface area contributed by atoms with Crippen LogP contribution < -0.4 is 10.3 Å². The first-order valence-electron chi connectivity index (χ1n) is 9.66. The van der Waals surface area contributed by atoms with Gasteiger partial charge in [0.15, 0.2) is 0 Å². The molecule has 146 valence electrons. The molecule has 0 radical (unpaired) electrons. The molecule has 2 aromatic heterocycles. The highest BCUT2D eigenvalue weighted by molar-refractivity contribution is 5.90. The highest BCUT2D eigenvalue weighted by Crippen LogP contribution is 2.34. The largest absolute Gasteiger partial charge is 0.497 e. The Morgan fingerprint density at radius 3 is 2.07 bits per heavy atom. The number of nitrogens with one attached hydrogen (secondary N) is 1. The molecule has 0 unspecified atom stereocenters. The van der Waals surface area contributed by atoms with Crippen molar-refractivity contribution in [3.63, 3.8) is 0 Å². The second kappa shape index (κ2) is 7.37. The van der Waals surface area contributed by atoms with E-state index in [2.05, 4.69) is 4.98 Å². The van der Waals surface area contributed by atoms with Gasteiger partial charge in [0.1, 0.15) is 17.1 Å². The molecule has 5 heteroatoms. The van der Waals surface area contributed by atoms with E-state index in [0.29, 0.717) is 11.2 Å². The molecule has 0 spiro atoms. The molecule has 5 rings (SSSR count). The zero-order valence-corrected chi connectivity index (χ0v) is 16.4. The molecule has 1 N–H and O–H groups in total. The average Bonchev–Trinajstić information content (AvgIpc) is 3.21. The smallest absolute Gasteiger partial charge is 0.282 e. The lowest BCUT2D eigenvalue weighted by Crippen LogP contribution is -2.17. The Morgan fingerprint density at radius 1 is 0.800 bits per heavy atom. The highest BCUT2D eigenvalue weighted by Gasteiger charge is 2.19. The van der Waals surface area contributed by atoms with Gasteiger partial charge in [-0.2, -0.15) is 9.61 Å². The monoisotopic (exact) mass is 393 g/mol. The lowest BCUT2D eigenvalue weighted by atomic mass is 10.0. The van der Waals surface area contributed by atoms with Gasteiger partial charge in [0.05, 0.1) is 18.2 Å². The van der Waals surface area contributed by atoms with Gasteiger partial charge >= 0.3 is 0 Å². The maximum Gasteiger partial charge on any atom is 0.282 e. The normalized spacial score (nSPS) is 11.0. The van der Waals surface area contributed by atoms with E-state index >= 15 is 0 Å². The third-order valence-corrected chi connectivity index (χ3v) is 5.17. The van der Waals surface area contributed by atoms with Gasteiger partial charge in [0, 0.05) is 11.8 Å². The van der Waals surface area contributed by atoms with Crippen LogP contribution in [0.5, 0.6) is 5.75 Å². The molecule has 5 aromatic rings. The lowest BCUT2D eigenvalue weighted by molar-refractivity contribution is 0.415. The van der Waals surface area contributed by atoms with Crippen molar-refractivity contribution in [1.82, 2.24) is 14.6 Å². The molecule has 0 bridgehead atoms. The number of ether oxygens (including phenoxy) is 1. The molecule has 3 aromatic carbocycles. The molecule has 30 heavy (non-hydrogen) atoms. The SMILES string of the molecule is COc1ccc(-c2c[nH]c3c(-c4ccccc4)c(-c4ccccc4)nn3c2=O)cc1. The molecule has 0 atom stereocenters. The fourth-order valence-electron chi connectivity index (χ4n) is 3.67. The second-order valence-corrected chi connectivity index (χ2v) is 6.95. The number of benzene rings is 3. The first-order chi connectivity index (χ1) is 14.8. The average molecular weight is 393 g/mol. The summed E-state index contributed by atoms with van der Waals surface area (Å²) in [6.07, 6.45) is 1.75. The van der Waals surface area contributed by atoms with Gasteiger partial charge < -0.3 is 9.72 Å². The van der Waals surface area contributed by atoms with Crippen molar-refractivity contribution in [1.29, 1.82) is 0 Å². The third-order valence-electron chi connectivity index (χ3n) is 5.17. The van der Waals surface area contributed by atoms with Crippen LogP contribution in [0.15, 0.2) is 95.9 Å². The van der Waals surface area contributed by atoms with Crippen LogP contribution in [-0.4, -0.2) is 21.7 Å². The maximum absolute atomic E-state index is 13.4. The van der Waals surface area contributed by atoms with Gasteiger partial charge in [0.2, 0.25) is 0 Å². The molecule has 2 heterocycles. The summed E-state index contributed by atoms with van der Waals surface area (Å²) in [6, 6.07) is 27.3. The lowest BCUT2D eigenvalue weighted by Gasteiger charge is -2.05. The summed E-state index contributed by atoms with van der Waals surface area (Å²) in [5, 5.41) is 4.73. The van der Waals surface area contributed by atoms with E-state index in [1.807, 2.05) is 84.9 Å². The number of rotatable bonds is 4. The van der Waals surface area contributed by atoms with Crippen LogP contribution in [0.2, 0.25) is 0 Å². The van der Waals surface area contributed by atoms with Crippen LogP contribution in [0.1, 0.15) is 0 Å². The molecule has 0 amide bonds. The topological polar surface area (TPSA) is 59.4 Å². The molecular formula is C25H19N3O2. The molecular weight excluding hydrogens is 374 g/mol. The molecule has 0 aliphatic rings. The van der Waals surface area contributed by atoms with Crippen LogP contribution in [0.4, 0.5) is 0 Å². The van der Waals surface area contributed by atoms with E-state index in [1.54, 1.807) is 13.3 Å². The van der Waals surface area contributed by atoms with Crippen LogP contribution in [0.3, 0.4) is 0 Å². The zero-order valence-electron chi connectivity index (χ0n) is 16.4. The fourth-order valence-corrected chi connectivity index (χ4v) is 3.67. The maximum atomic E-state index is 13.4. The van der Waals surface area contributed by atoms with Crippen LogP contribution in [-0.2, 0) is 0 Å². The first kappa shape index (κ1) is 17.9. The minimum atomic E-state index is -0.173. The standard InChI is InChI=1S/C25H19N3O2/c1-30-20-14-12-17(13-15-20)21-16-26-24-22(18-8-4-2-5-9-18)23(27-28(24)25(21)29)19-10-6-3-7-11-19/h2-16,26H,1H3. The molecule has 0 saturated carbocycles. The van der Waals surface area contributed by atoms with Gasteiger partial charge in [-0.25, -0.2) is 0 Å². The first-order valence-corrected chi connectivity index (χ1v) is 9.66. The Bertz CT molecular complexity index is 1370. The van der Waals surface area contributed by atoms with Gasteiger partial charge in [-0.15, -0.1) is 0 Å². The quantitative estimate of drug-likeness (QED) is 0.466. The summed E-state index contributed by atoms with van der Waals surface area (Å²) >= 11 is 0. The fraction of sp³-hybridized carbons (Fsp3) is 0.0400. The Labute approximate surface area is 173 Å². The minimum Gasteiger partial charge on any atom is -0.497 e. The van der Waals surface area contributed by atoms with Crippen LogP contribution in [0, 0.1) is 0 Å². The molecule has 0 fully saturated rings. The van der Waals surface area contributed by atoms with Crippen molar-refractivity contribution >= 4 is 5.65 Å². The number of fused-ring (bicyclic) bond motifs is 1. The van der Waals surface area contributed by atoms with E-state index in [0.717, 1.165) is 33.7 Å². The minimum absolute atomic E-state index is 0.173. The Balaban J connectivity index is 1.77. The van der Waals surface area contributed by atoms with Crippen LogP contribution in [0.25, 0.3) is 39.2 Å². The molecule has 5 nitrogen and oxygen atoms in total. The van der Waals surface area contributed by atoms with Crippen molar-refractivity contribution in [2.45, 2.75) is 0 Å². The number of aromatic amines is 1. The number of hydrogen-bond acceptors (Lipinski definition) is 3.